The fourth-order valence-electron chi connectivity index (χ4n) is 1.65. The van der Waals surface area contributed by atoms with E-state index >= 15 is 0 Å². The molecule has 2 aromatic rings. The molecule has 3 N–H and O–H groups in total. The smallest absolute Gasteiger partial charge is 0.227 e. The van der Waals surface area contributed by atoms with Crippen LogP contribution in [0.15, 0.2) is 29.4 Å². The maximum Gasteiger partial charge on any atom is 0.227 e. The highest BCUT2D eigenvalue weighted by molar-refractivity contribution is 7.99. The lowest BCUT2D eigenvalue weighted by atomic mass is 10.3. The van der Waals surface area contributed by atoms with Crippen LogP contribution in [0.3, 0.4) is 0 Å². The molecule has 0 unspecified atom stereocenters. The van der Waals surface area contributed by atoms with E-state index in [0.29, 0.717) is 11.7 Å². The van der Waals surface area contributed by atoms with Gasteiger partial charge in [-0.15, -0.1) is 10.2 Å². The van der Waals surface area contributed by atoms with Crippen molar-refractivity contribution in [3.05, 3.63) is 30.1 Å². The van der Waals surface area contributed by atoms with Crippen molar-refractivity contribution in [2.24, 2.45) is 12.8 Å². The van der Waals surface area contributed by atoms with Gasteiger partial charge in [-0.05, 0) is 24.3 Å². The summed E-state index contributed by atoms with van der Waals surface area (Å²) in [5.74, 6) is 1.40. The molecule has 1 aromatic carbocycles. The van der Waals surface area contributed by atoms with E-state index in [1.165, 1.54) is 11.8 Å². The predicted molar refractivity (Wildman–Crippen MR) is 81.2 cm³/mol. The normalized spacial score (nSPS) is 10.4. The fraction of sp³-hybridized carbons (Fsp3) is 0.308. The molecule has 1 heterocycles. The number of ether oxygens (including phenoxy) is 1. The number of aromatic nitrogens is 3. The van der Waals surface area contributed by atoms with Crippen LogP contribution < -0.4 is 15.8 Å². The van der Waals surface area contributed by atoms with Crippen molar-refractivity contribution in [1.82, 2.24) is 14.8 Å². The average molecular weight is 307 g/mol. The number of amides is 1. The third-order valence-corrected chi connectivity index (χ3v) is 3.85. The van der Waals surface area contributed by atoms with Gasteiger partial charge in [-0.3, -0.25) is 4.79 Å². The number of hydrogen-bond acceptors (Lipinski definition) is 6. The lowest BCUT2D eigenvalue weighted by Gasteiger charge is -2.07. The van der Waals surface area contributed by atoms with Crippen molar-refractivity contribution < 1.29 is 9.53 Å². The molecule has 0 atom stereocenters. The molecule has 0 fully saturated rings. The number of thioether (sulfide) groups is 1. The summed E-state index contributed by atoms with van der Waals surface area (Å²) in [5, 5.41) is 12.0. The van der Waals surface area contributed by atoms with E-state index < -0.39 is 0 Å². The van der Waals surface area contributed by atoms with Crippen molar-refractivity contribution in [3.63, 3.8) is 0 Å². The second-order valence-corrected chi connectivity index (χ2v) is 5.24. The third kappa shape index (κ3) is 4.12. The standard InChI is InChI=1S/C13H17N5O2S/c1-18-12(16-17-13(18)21-8-11(14)19)7-15-9-3-5-10(20-2)6-4-9/h3-6,15H,7-8H2,1-2H3,(H2,14,19). The van der Waals surface area contributed by atoms with Crippen LogP contribution in [0.4, 0.5) is 5.69 Å². The van der Waals surface area contributed by atoms with Crippen LogP contribution in [0.2, 0.25) is 0 Å². The fourth-order valence-corrected chi connectivity index (χ4v) is 2.32. The highest BCUT2D eigenvalue weighted by Gasteiger charge is 2.10. The van der Waals surface area contributed by atoms with Gasteiger partial charge in [0, 0.05) is 12.7 Å². The molecule has 21 heavy (non-hydrogen) atoms. The van der Waals surface area contributed by atoms with Crippen molar-refractivity contribution in [2.75, 3.05) is 18.2 Å². The summed E-state index contributed by atoms with van der Waals surface area (Å²) >= 11 is 1.27. The largest absolute Gasteiger partial charge is 0.497 e. The average Bonchev–Trinajstić information content (AvgIpc) is 2.84. The summed E-state index contributed by atoms with van der Waals surface area (Å²) in [7, 11) is 3.49. The van der Waals surface area contributed by atoms with Gasteiger partial charge in [-0.25, -0.2) is 0 Å². The first kappa shape index (κ1) is 15.2. The molecule has 0 saturated heterocycles. The van der Waals surface area contributed by atoms with Crippen molar-refractivity contribution >= 4 is 23.4 Å². The third-order valence-electron chi connectivity index (χ3n) is 2.81. The summed E-state index contributed by atoms with van der Waals surface area (Å²) in [6.07, 6.45) is 0. The van der Waals surface area contributed by atoms with E-state index in [1.54, 1.807) is 7.11 Å². The highest BCUT2D eigenvalue weighted by atomic mass is 32.2. The maximum atomic E-state index is 10.8. The van der Waals surface area contributed by atoms with Gasteiger partial charge in [-0.2, -0.15) is 0 Å². The number of anilines is 1. The lowest BCUT2D eigenvalue weighted by Crippen LogP contribution is -2.13. The first-order valence-electron chi connectivity index (χ1n) is 6.27. The second-order valence-electron chi connectivity index (χ2n) is 4.29. The van der Waals surface area contributed by atoms with Crippen LogP contribution in [-0.4, -0.2) is 33.5 Å². The summed E-state index contributed by atoms with van der Waals surface area (Å²) in [4.78, 5) is 10.8. The molecule has 112 valence electrons. The van der Waals surface area contributed by atoms with Crippen LogP contribution in [-0.2, 0) is 18.4 Å². The van der Waals surface area contributed by atoms with E-state index in [4.69, 9.17) is 10.5 Å². The molecule has 2 rings (SSSR count). The molecule has 0 spiro atoms. The Balaban J connectivity index is 1.95. The molecule has 0 aliphatic carbocycles. The molecule has 1 amide bonds. The zero-order valence-corrected chi connectivity index (χ0v) is 12.7. The Labute approximate surface area is 126 Å². The Bertz CT molecular complexity index is 612. The van der Waals surface area contributed by atoms with Crippen molar-refractivity contribution in [1.29, 1.82) is 0 Å². The first-order valence-corrected chi connectivity index (χ1v) is 7.26. The van der Waals surface area contributed by atoms with Crippen molar-refractivity contribution in [2.45, 2.75) is 11.7 Å². The quantitative estimate of drug-likeness (QED) is 0.741. The number of nitrogens with one attached hydrogen (secondary N) is 1. The lowest BCUT2D eigenvalue weighted by molar-refractivity contribution is -0.115. The van der Waals surface area contributed by atoms with Crippen LogP contribution in [0, 0.1) is 0 Å². The Kier molecular flexibility index (Phi) is 5.04. The van der Waals surface area contributed by atoms with Gasteiger partial charge >= 0.3 is 0 Å². The topological polar surface area (TPSA) is 95.1 Å². The second kappa shape index (κ2) is 6.98. The van der Waals surface area contributed by atoms with E-state index in [0.717, 1.165) is 17.3 Å². The first-order chi connectivity index (χ1) is 10.1. The van der Waals surface area contributed by atoms with Gasteiger partial charge in [0.2, 0.25) is 5.91 Å². The number of nitrogens with zero attached hydrogens (tertiary/aromatic N) is 3. The SMILES string of the molecule is COc1ccc(NCc2nnc(SCC(N)=O)n2C)cc1. The Morgan fingerprint density at radius 1 is 1.38 bits per heavy atom. The van der Waals surface area contributed by atoms with Gasteiger partial charge < -0.3 is 20.4 Å². The Morgan fingerprint density at radius 2 is 2.10 bits per heavy atom. The zero-order chi connectivity index (χ0) is 15.2. The molecule has 0 saturated carbocycles. The van der Waals surface area contributed by atoms with E-state index in [-0.39, 0.29) is 11.7 Å². The Morgan fingerprint density at radius 3 is 2.71 bits per heavy atom. The summed E-state index contributed by atoms with van der Waals surface area (Å²) in [5.41, 5.74) is 6.08. The molecule has 1 aromatic heterocycles. The number of nitrogens with two attached hydrogens (primary N) is 1. The van der Waals surface area contributed by atoms with Crippen LogP contribution in [0.25, 0.3) is 0 Å². The van der Waals surface area contributed by atoms with Gasteiger partial charge in [-0.1, -0.05) is 11.8 Å². The minimum atomic E-state index is -0.374. The zero-order valence-electron chi connectivity index (χ0n) is 11.9. The molecule has 0 aliphatic rings. The molecule has 8 heteroatoms. The molecule has 0 bridgehead atoms. The molecular formula is C13H17N5O2S. The minimum Gasteiger partial charge on any atom is -0.497 e. The summed E-state index contributed by atoms with van der Waals surface area (Å²) < 4.78 is 6.94. The van der Waals surface area contributed by atoms with E-state index in [2.05, 4.69) is 15.5 Å². The molecule has 0 aliphatic heterocycles. The van der Waals surface area contributed by atoms with E-state index in [9.17, 15) is 4.79 Å². The van der Waals surface area contributed by atoms with Crippen LogP contribution >= 0.6 is 11.8 Å². The predicted octanol–water partition coefficient (Wildman–Crippen LogP) is 1.01. The molecule has 7 nitrogen and oxygen atoms in total. The number of primary amides is 1. The van der Waals surface area contributed by atoms with E-state index in [1.807, 2.05) is 35.9 Å². The number of benzene rings is 1. The minimum absolute atomic E-state index is 0.192. The Hall–Kier alpha value is -2.22. The van der Waals surface area contributed by atoms with Gasteiger partial charge in [0.1, 0.15) is 5.75 Å². The maximum absolute atomic E-state index is 10.8. The number of methoxy groups -OCH3 is 1. The highest BCUT2D eigenvalue weighted by Crippen LogP contribution is 2.17. The molecule has 0 radical (unpaired) electrons. The number of carbonyl (C=O) groups is 1. The van der Waals surface area contributed by atoms with Crippen LogP contribution in [0.5, 0.6) is 5.75 Å². The van der Waals surface area contributed by atoms with Gasteiger partial charge in [0.15, 0.2) is 11.0 Å². The van der Waals surface area contributed by atoms with Crippen LogP contribution in [0.1, 0.15) is 5.82 Å². The summed E-state index contributed by atoms with van der Waals surface area (Å²) in [6.45, 7) is 0.535. The number of carbonyl (C=O) groups excluding carboxylic acids is 1. The number of hydrogen-bond donors (Lipinski definition) is 2. The summed E-state index contributed by atoms with van der Waals surface area (Å²) in [6, 6.07) is 7.62. The van der Waals surface area contributed by atoms with Gasteiger partial charge in [0.05, 0.1) is 19.4 Å². The number of rotatable bonds is 7. The van der Waals surface area contributed by atoms with Crippen molar-refractivity contribution in [3.8, 4) is 5.75 Å². The monoisotopic (exact) mass is 307 g/mol. The van der Waals surface area contributed by atoms with Gasteiger partial charge in [0.25, 0.3) is 0 Å². The molecular weight excluding hydrogens is 290 g/mol.